The maximum Gasteiger partial charge on any atom is 0.220 e. The van der Waals surface area contributed by atoms with Gasteiger partial charge in [0, 0.05) is 6.42 Å². The fourth-order valence-corrected chi connectivity index (χ4v) is 7.51. The summed E-state index contributed by atoms with van der Waals surface area (Å²) in [6.07, 6.45) is 25.5. The van der Waals surface area contributed by atoms with Gasteiger partial charge in [0.15, 0.2) is 12.6 Å². The number of nitrogens with one attached hydrogen (secondary N) is 1. The molecule has 12 unspecified atom stereocenters. The van der Waals surface area contributed by atoms with E-state index >= 15 is 0 Å². The van der Waals surface area contributed by atoms with Gasteiger partial charge in [0.1, 0.15) is 48.8 Å². The lowest BCUT2D eigenvalue weighted by atomic mass is 9.97. The standard InChI is InChI=1S/C49H85NO13/c1-3-5-7-9-11-13-15-17-19-21-23-25-27-29-31-33-41(54)50-37(38(53)32-30-28-26-24-22-20-18-16-14-12-10-8-6-4-2)36-60-48-46(59)44(57)47(40(35-52)62-48)63-49-45(58)43(56)42(55)39(34-51)61-49/h5,7,11,13,17,19,23,25,30,32,37-40,42-49,51-53,55-59H,3-4,6,8-10,12,14-16,18,20-22,24,26-29,31,33-36H2,1-2H3,(H,50,54)/b7-5-,13-11-,19-17-,25-23-,32-30+. The normalized spacial score (nSPS) is 28.0. The molecule has 2 rings (SSSR count). The van der Waals surface area contributed by atoms with Crippen molar-refractivity contribution in [1.29, 1.82) is 0 Å². The molecule has 2 saturated heterocycles. The number of carbonyl (C=O) groups excluding carboxylic acids is 1. The number of rotatable bonds is 35. The summed E-state index contributed by atoms with van der Waals surface area (Å²) in [5.74, 6) is -0.284. The van der Waals surface area contributed by atoms with Crippen molar-refractivity contribution in [2.24, 2.45) is 0 Å². The van der Waals surface area contributed by atoms with Crippen molar-refractivity contribution < 1.29 is 64.6 Å². The van der Waals surface area contributed by atoms with Crippen molar-refractivity contribution >= 4 is 5.91 Å². The van der Waals surface area contributed by atoms with Crippen LogP contribution in [0.2, 0.25) is 0 Å². The fraction of sp³-hybridized carbons (Fsp3) is 0.776. The molecule has 2 aliphatic heterocycles. The van der Waals surface area contributed by atoms with Gasteiger partial charge in [0.05, 0.1) is 32.0 Å². The zero-order valence-electron chi connectivity index (χ0n) is 38.3. The summed E-state index contributed by atoms with van der Waals surface area (Å²) in [7, 11) is 0. The Morgan fingerprint density at radius 2 is 1.10 bits per heavy atom. The molecule has 1 amide bonds. The van der Waals surface area contributed by atoms with Crippen LogP contribution in [0, 0.1) is 0 Å². The smallest absolute Gasteiger partial charge is 0.220 e. The molecule has 0 spiro atoms. The summed E-state index contributed by atoms with van der Waals surface area (Å²) >= 11 is 0. The van der Waals surface area contributed by atoms with Gasteiger partial charge in [-0.25, -0.2) is 0 Å². The number of unbranched alkanes of at least 4 members (excludes halogenated alkanes) is 14. The zero-order valence-corrected chi connectivity index (χ0v) is 38.3. The van der Waals surface area contributed by atoms with Crippen LogP contribution in [0.1, 0.15) is 149 Å². The summed E-state index contributed by atoms with van der Waals surface area (Å²) in [5.41, 5.74) is 0. The maximum atomic E-state index is 13.1. The van der Waals surface area contributed by atoms with E-state index in [2.05, 4.69) is 67.8 Å². The van der Waals surface area contributed by atoms with Gasteiger partial charge in [0.25, 0.3) is 0 Å². The van der Waals surface area contributed by atoms with E-state index in [9.17, 15) is 45.6 Å². The largest absolute Gasteiger partial charge is 0.394 e. The van der Waals surface area contributed by atoms with Gasteiger partial charge in [-0.05, 0) is 57.8 Å². The van der Waals surface area contributed by atoms with Gasteiger partial charge in [0.2, 0.25) is 5.91 Å². The lowest BCUT2D eigenvalue weighted by Gasteiger charge is -2.46. The summed E-state index contributed by atoms with van der Waals surface area (Å²) in [6.45, 7) is 2.61. The Morgan fingerprint density at radius 3 is 1.68 bits per heavy atom. The monoisotopic (exact) mass is 896 g/mol. The van der Waals surface area contributed by atoms with Gasteiger partial charge >= 0.3 is 0 Å². The fourth-order valence-electron chi connectivity index (χ4n) is 7.51. The Labute approximate surface area is 377 Å². The predicted octanol–water partition coefficient (Wildman–Crippen LogP) is 5.49. The molecule has 14 heteroatoms. The lowest BCUT2D eigenvalue weighted by Crippen LogP contribution is -2.65. The van der Waals surface area contributed by atoms with Gasteiger partial charge in [-0.15, -0.1) is 0 Å². The number of aliphatic hydroxyl groups is 8. The van der Waals surface area contributed by atoms with E-state index in [1.165, 1.54) is 64.2 Å². The van der Waals surface area contributed by atoms with Crippen LogP contribution in [0.5, 0.6) is 0 Å². The highest BCUT2D eigenvalue weighted by Gasteiger charge is 2.51. The van der Waals surface area contributed by atoms with Crippen LogP contribution in [-0.2, 0) is 23.7 Å². The molecule has 0 aliphatic carbocycles. The van der Waals surface area contributed by atoms with Crippen LogP contribution in [0.15, 0.2) is 60.8 Å². The van der Waals surface area contributed by atoms with Crippen molar-refractivity contribution in [3.8, 4) is 0 Å². The molecule has 14 nitrogen and oxygen atoms in total. The minimum atomic E-state index is -1.79. The number of carbonyl (C=O) groups is 1. The Hall–Kier alpha value is -2.31. The lowest BCUT2D eigenvalue weighted by molar-refractivity contribution is -0.359. The SMILES string of the molecule is CC/C=C\C/C=C\C/C=C\C/C=C\CCCCC(=O)NC(COC1OC(CO)C(OC2OC(CO)C(O)C(O)C2O)C(O)C1O)C(O)/C=C/CCCCCCCCCCCCCC. The molecule has 2 aliphatic rings. The second-order valence-corrected chi connectivity index (χ2v) is 16.9. The highest BCUT2D eigenvalue weighted by molar-refractivity contribution is 5.76. The first-order valence-corrected chi connectivity index (χ1v) is 24.0. The Kier molecular flexibility index (Phi) is 32.4. The maximum absolute atomic E-state index is 13.1. The highest BCUT2D eigenvalue weighted by Crippen LogP contribution is 2.30. The molecule has 0 saturated carbocycles. The summed E-state index contributed by atoms with van der Waals surface area (Å²) < 4.78 is 22.6. The van der Waals surface area contributed by atoms with E-state index in [1.807, 2.05) is 6.08 Å². The first kappa shape index (κ1) is 56.8. The third kappa shape index (κ3) is 23.6. The number of hydrogen-bond acceptors (Lipinski definition) is 13. The van der Waals surface area contributed by atoms with Crippen LogP contribution >= 0.6 is 0 Å². The number of hydrogen-bond donors (Lipinski definition) is 9. The van der Waals surface area contributed by atoms with Gasteiger partial charge < -0.3 is 65.1 Å². The second-order valence-electron chi connectivity index (χ2n) is 16.9. The molecular weight excluding hydrogens is 811 g/mol. The van der Waals surface area contributed by atoms with Gasteiger partial charge in [-0.3, -0.25) is 4.79 Å². The average Bonchev–Trinajstić information content (AvgIpc) is 3.28. The second kappa shape index (κ2) is 35.9. The van der Waals surface area contributed by atoms with Crippen LogP contribution in [0.3, 0.4) is 0 Å². The van der Waals surface area contributed by atoms with Crippen LogP contribution in [-0.4, -0.2) is 140 Å². The van der Waals surface area contributed by atoms with Crippen molar-refractivity contribution in [2.75, 3.05) is 19.8 Å². The number of aliphatic hydroxyl groups excluding tert-OH is 8. The molecule has 0 aromatic heterocycles. The molecule has 2 heterocycles. The third-order valence-electron chi connectivity index (χ3n) is 11.5. The first-order valence-electron chi connectivity index (χ1n) is 24.0. The minimum absolute atomic E-state index is 0.226. The van der Waals surface area contributed by atoms with E-state index in [-0.39, 0.29) is 18.9 Å². The van der Waals surface area contributed by atoms with E-state index in [1.54, 1.807) is 6.08 Å². The molecule has 12 atom stereocenters. The van der Waals surface area contributed by atoms with Crippen LogP contribution in [0.25, 0.3) is 0 Å². The molecule has 63 heavy (non-hydrogen) atoms. The first-order chi connectivity index (χ1) is 30.6. The zero-order chi connectivity index (χ0) is 46.1. The number of ether oxygens (including phenoxy) is 4. The molecule has 0 aromatic carbocycles. The molecule has 364 valence electrons. The van der Waals surface area contributed by atoms with E-state index in [0.29, 0.717) is 6.42 Å². The van der Waals surface area contributed by atoms with E-state index in [0.717, 1.165) is 57.8 Å². The number of allylic oxidation sites excluding steroid dienone is 9. The van der Waals surface area contributed by atoms with Crippen LogP contribution < -0.4 is 5.32 Å². The van der Waals surface area contributed by atoms with Crippen molar-refractivity contribution in [2.45, 2.75) is 222 Å². The Morgan fingerprint density at radius 1 is 0.587 bits per heavy atom. The molecule has 0 bridgehead atoms. The summed E-state index contributed by atoms with van der Waals surface area (Å²) in [4.78, 5) is 13.1. The highest BCUT2D eigenvalue weighted by atomic mass is 16.7. The van der Waals surface area contributed by atoms with E-state index in [4.69, 9.17) is 18.9 Å². The van der Waals surface area contributed by atoms with Gasteiger partial charge in [-0.2, -0.15) is 0 Å². The Balaban J connectivity index is 1.91. The minimum Gasteiger partial charge on any atom is -0.394 e. The van der Waals surface area contributed by atoms with E-state index < -0.39 is 86.8 Å². The third-order valence-corrected chi connectivity index (χ3v) is 11.5. The number of amides is 1. The summed E-state index contributed by atoms with van der Waals surface area (Å²) in [6, 6.07) is -0.936. The molecular formula is C49H85NO13. The average molecular weight is 896 g/mol. The van der Waals surface area contributed by atoms with Crippen molar-refractivity contribution in [3.63, 3.8) is 0 Å². The molecule has 9 N–H and O–H groups in total. The quantitative estimate of drug-likeness (QED) is 0.0284. The van der Waals surface area contributed by atoms with Gasteiger partial charge in [-0.1, -0.05) is 145 Å². The topological polar surface area (TPSA) is 228 Å². The Bertz CT molecular complexity index is 1290. The predicted molar refractivity (Wildman–Crippen MR) is 244 cm³/mol. The summed E-state index contributed by atoms with van der Waals surface area (Å²) in [5, 5.41) is 86.5. The van der Waals surface area contributed by atoms with Crippen LogP contribution in [0.4, 0.5) is 0 Å². The van der Waals surface area contributed by atoms with Crippen molar-refractivity contribution in [3.05, 3.63) is 60.8 Å². The molecule has 2 fully saturated rings. The van der Waals surface area contributed by atoms with Crippen molar-refractivity contribution in [1.82, 2.24) is 5.32 Å². The molecule has 0 radical (unpaired) electrons. The molecule has 0 aromatic rings.